The third-order valence-electron chi connectivity index (χ3n) is 3.17. The Bertz CT molecular complexity index is 704. The highest BCUT2D eigenvalue weighted by molar-refractivity contribution is 6.07. The topological polar surface area (TPSA) is 84.2 Å². The van der Waals surface area contributed by atoms with Gasteiger partial charge in [-0.2, -0.15) is 5.10 Å². The summed E-state index contributed by atoms with van der Waals surface area (Å²) in [4.78, 5) is 23.6. The fraction of sp³-hybridized carbons (Fsp3) is 0.267. The van der Waals surface area contributed by atoms with Crippen LogP contribution in [0.15, 0.2) is 24.3 Å². The number of carbonyl (C=O) groups excluding carboxylic acids is 1. The second-order valence-corrected chi connectivity index (χ2v) is 4.74. The molecule has 2 aromatic rings. The number of rotatable bonds is 4. The minimum atomic E-state index is -1.07. The first-order chi connectivity index (χ1) is 9.93. The van der Waals surface area contributed by atoms with Gasteiger partial charge in [-0.1, -0.05) is 12.1 Å². The molecule has 0 spiro atoms. The maximum atomic E-state index is 12.3. The Morgan fingerprint density at radius 2 is 2.05 bits per heavy atom. The first-order valence-corrected chi connectivity index (χ1v) is 6.62. The van der Waals surface area contributed by atoms with Crippen molar-refractivity contribution in [3.05, 3.63) is 46.8 Å². The summed E-state index contributed by atoms with van der Waals surface area (Å²) in [5, 5.41) is 16.1. The number of aromatic nitrogens is 2. The van der Waals surface area contributed by atoms with Crippen LogP contribution >= 0.6 is 0 Å². The number of carboxylic acids is 1. The standard InChI is InChI=1S/C15H17N3O3/c1-4-18-12(8-10(3)17-18)14(19)16-11-7-5-6-9(2)13(11)15(20)21/h5-8H,4H2,1-3H3,(H,16,19)(H,20,21). The number of carboxylic acid groups (broad SMARTS) is 1. The predicted molar refractivity (Wildman–Crippen MR) is 78.7 cm³/mol. The van der Waals surface area contributed by atoms with Crippen LogP contribution in [-0.2, 0) is 6.54 Å². The molecule has 1 aromatic carbocycles. The molecule has 1 amide bonds. The Morgan fingerprint density at radius 3 is 2.67 bits per heavy atom. The van der Waals surface area contributed by atoms with E-state index in [4.69, 9.17) is 0 Å². The number of nitrogens with zero attached hydrogens (tertiary/aromatic N) is 2. The lowest BCUT2D eigenvalue weighted by Crippen LogP contribution is -2.19. The zero-order chi connectivity index (χ0) is 15.6. The minimum Gasteiger partial charge on any atom is -0.478 e. The lowest BCUT2D eigenvalue weighted by atomic mass is 10.1. The van der Waals surface area contributed by atoms with E-state index < -0.39 is 5.97 Å². The summed E-state index contributed by atoms with van der Waals surface area (Å²) >= 11 is 0. The van der Waals surface area contributed by atoms with Crippen LogP contribution in [0.1, 0.15) is 39.0 Å². The summed E-state index contributed by atoms with van der Waals surface area (Å²) in [6.45, 7) is 5.95. The molecule has 21 heavy (non-hydrogen) atoms. The lowest BCUT2D eigenvalue weighted by molar-refractivity contribution is 0.0697. The van der Waals surface area contributed by atoms with Gasteiger partial charge >= 0.3 is 5.97 Å². The molecule has 0 aliphatic carbocycles. The molecule has 0 fully saturated rings. The molecule has 2 rings (SSSR count). The average molecular weight is 287 g/mol. The molecule has 1 aromatic heterocycles. The number of aromatic carboxylic acids is 1. The van der Waals surface area contributed by atoms with E-state index in [1.165, 1.54) is 0 Å². The molecular weight excluding hydrogens is 270 g/mol. The van der Waals surface area contributed by atoms with Crippen molar-refractivity contribution in [1.82, 2.24) is 9.78 Å². The Morgan fingerprint density at radius 1 is 1.33 bits per heavy atom. The number of hydrogen-bond acceptors (Lipinski definition) is 3. The van der Waals surface area contributed by atoms with Gasteiger partial charge in [0.1, 0.15) is 5.69 Å². The third-order valence-corrected chi connectivity index (χ3v) is 3.17. The van der Waals surface area contributed by atoms with Crippen molar-refractivity contribution >= 4 is 17.6 Å². The number of aryl methyl sites for hydroxylation is 3. The van der Waals surface area contributed by atoms with E-state index in [0.29, 0.717) is 17.8 Å². The summed E-state index contributed by atoms with van der Waals surface area (Å²) in [6.07, 6.45) is 0. The molecular formula is C15H17N3O3. The van der Waals surface area contributed by atoms with Crippen LogP contribution in [0, 0.1) is 13.8 Å². The van der Waals surface area contributed by atoms with Crippen molar-refractivity contribution in [2.24, 2.45) is 0 Å². The zero-order valence-electron chi connectivity index (χ0n) is 12.2. The number of nitrogens with one attached hydrogen (secondary N) is 1. The molecule has 2 N–H and O–H groups in total. The van der Waals surface area contributed by atoms with Gasteiger partial charge in [-0.15, -0.1) is 0 Å². The van der Waals surface area contributed by atoms with Gasteiger partial charge in [0.2, 0.25) is 0 Å². The molecule has 0 unspecified atom stereocenters. The predicted octanol–water partition coefficient (Wildman–Crippen LogP) is 2.47. The van der Waals surface area contributed by atoms with Crippen LogP contribution < -0.4 is 5.32 Å². The van der Waals surface area contributed by atoms with E-state index in [-0.39, 0.29) is 17.2 Å². The van der Waals surface area contributed by atoms with Crippen molar-refractivity contribution in [3.63, 3.8) is 0 Å². The number of hydrogen-bond donors (Lipinski definition) is 2. The van der Waals surface area contributed by atoms with E-state index in [1.54, 1.807) is 42.8 Å². The Labute approximate surface area is 122 Å². The van der Waals surface area contributed by atoms with Gasteiger partial charge in [0.25, 0.3) is 5.91 Å². The molecule has 1 heterocycles. The summed E-state index contributed by atoms with van der Waals surface area (Å²) in [6, 6.07) is 6.66. The van der Waals surface area contributed by atoms with E-state index >= 15 is 0 Å². The van der Waals surface area contributed by atoms with Gasteiger partial charge < -0.3 is 10.4 Å². The van der Waals surface area contributed by atoms with Gasteiger partial charge in [0.05, 0.1) is 16.9 Å². The van der Waals surface area contributed by atoms with Crippen molar-refractivity contribution in [3.8, 4) is 0 Å². The quantitative estimate of drug-likeness (QED) is 0.904. The Kier molecular flexibility index (Phi) is 4.07. The monoisotopic (exact) mass is 287 g/mol. The first-order valence-electron chi connectivity index (χ1n) is 6.62. The highest BCUT2D eigenvalue weighted by Crippen LogP contribution is 2.20. The van der Waals surface area contributed by atoms with Gasteiger partial charge in [-0.05, 0) is 38.5 Å². The highest BCUT2D eigenvalue weighted by atomic mass is 16.4. The maximum Gasteiger partial charge on any atom is 0.338 e. The number of benzene rings is 1. The highest BCUT2D eigenvalue weighted by Gasteiger charge is 2.18. The first kappa shape index (κ1) is 14.8. The molecule has 0 saturated heterocycles. The second kappa shape index (κ2) is 5.78. The van der Waals surface area contributed by atoms with Crippen LogP contribution in [0.4, 0.5) is 5.69 Å². The Hall–Kier alpha value is -2.63. The fourth-order valence-corrected chi connectivity index (χ4v) is 2.21. The molecule has 6 heteroatoms. The molecule has 110 valence electrons. The summed E-state index contributed by atoms with van der Waals surface area (Å²) in [5.41, 5.74) is 2.14. The maximum absolute atomic E-state index is 12.3. The fourth-order valence-electron chi connectivity index (χ4n) is 2.21. The lowest BCUT2D eigenvalue weighted by Gasteiger charge is -2.11. The summed E-state index contributed by atoms with van der Waals surface area (Å²) < 4.78 is 1.58. The molecule has 0 atom stereocenters. The molecule has 0 bridgehead atoms. The van der Waals surface area contributed by atoms with Crippen LogP contribution in [0.3, 0.4) is 0 Å². The largest absolute Gasteiger partial charge is 0.478 e. The summed E-state index contributed by atoms with van der Waals surface area (Å²) in [7, 11) is 0. The van der Waals surface area contributed by atoms with Gasteiger partial charge in [0, 0.05) is 6.54 Å². The Balaban J connectivity index is 2.36. The SMILES string of the molecule is CCn1nc(C)cc1C(=O)Nc1cccc(C)c1C(=O)O. The number of anilines is 1. The zero-order valence-corrected chi connectivity index (χ0v) is 12.2. The van der Waals surface area contributed by atoms with Crippen molar-refractivity contribution in [2.45, 2.75) is 27.3 Å². The van der Waals surface area contributed by atoms with Crippen molar-refractivity contribution in [1.29, 1.82) is 0 Å². The molecule has 0 aliphatic heterocycles. The smallest absolute Gasteiger partial charge is 0.338 e. The molecule has 0 saturated carbocycles. The van der Waals surface area contributed by atoms with Crippen LogP contribution in [0.2, 0.25) is 0 Å². The van der Waals surface area contributed by atoms with Crippen molar-refractivity contribution < 1.29 is 14.7 Å². The van der Waals surface area contributed by atoms with Crippen LogP contribution in [0.25, 0.3) is 0 Å². The van der Waals surface area contributed by atoms with Crippen molar-refractivity contribution in [2.75, 3.05) is 5.32 Å². The third kappa shape index (κ3) is 2.94. The summed E-state index contributed by atoms with van der Waals surface area (Å²) in [5.74, 6) is -1.44. The molecule has 6 nitrogen and oxygen atoms in total. The van der Waals surface area contributed by atoms with E-state index in [9.17, 15) is 14.7 Å². The van der Waals surface area contributed by atoms with Gasteiger partial charge in [0.15, 0.2) is 0 Å². The van der Waals surface area contributed by atoms with E-state index in [1.807, 2.05) is 6.92 Å². The second-order valence-electron chi connectivity index (χ2n) is 4.74. The molecule has 0 radical (unpaired) electrons. The number of carbonyl (C=O) groups is 2. The van der Waals surface area contributed by atoms with E-state index in [0.717, 1.165) is 5.69 Å². The van der Waals surface area contributed by atoms with Crippen LogP contribution in [0.5, 0.6) is 0 Å². The molecule has 0 aliphatic rings. The van der Waals surface area contributed by atoms with Gasteiger partial charge in [-0.3, -0.25) is 9.48 Å². The van der Waals surface area contributed by atoms with Gasteiger partial charge in [-0.25, -0.2) is 4.79 Å². The normalized spacial score (nSPS) is 10.4. The van der Waals surface area contributed by atoms with Crippen LogP contribution in [-0.4, -0.2) is 26.8 Å². The average Bonchev–Trinajstić information content (AvgIpc) is 2.79. The number of amides is 1. The van der Waals surface area contributed by atoms with E-state index in [2.05, 4.69) is 10.4 Å². The minimum absolute atomic E-state index is 0.102.